The van der Waals surface area contributed by atoms with E-state index in [-0.39, 0.29) is 0 Å². The Labute approximate surface area is 78.6 Å². The van der Waals surface area contributed by atoms with Gasteiger partial charge in [0, 0.05) is 12.4 Å². The van der Waals surface area contributed by atoms with Crippen molar-refractivity contribution in [2.24, 2.45) is 0 Å². The minimum atomic E-state index is 1.30. The molecule has 2 rings (SSSR count). The van der Waals surface area contributed by atoms with E-state index < -0.39 is 0 Å². The molecule has 1 aromatic heterocycles. The second-order valence-corrected chi connectivity index (χ2v) is 3.33. The van der Waals surface area contributed by atoms with Gasteiger partial charge in [0.15, 0.2) is 0 Å². The predicted octanol–water partition coefficient (Wildman–Crippen LogP) is 3.09. The second-order valence-electron chi connectivity index (χ2n) is 3.33. The average Bonchev–Trinajstić information content (AvgIpc) is 2.57. The van der Waals surface area contributed by atoms with Crippen LogP contribution in [0.1, 0.15) is 11.1 Å². The maximum atomic E-state index is 2.16. The van der Waals surface area contributed by atoms with E-state index in [1.807, 2.05) is 12.1 Å². The van der Waals surface area contributed by atoms with Gasteiger partial charge >= 0.3 is 0 Å². The summed E-state index contributed by atoms with van der Waals surface area (Å²) < 4.78 is 2.16. The van der Waals surface area contributed by atoms with Gasteiger partial charge in [-0.3, -0.25) is 0 Å². The molecular weight excluding hydrogens is 158 g/mol. The molecule has 0 saturated carbocycles. The molecule has 13 heavy (non-hydrogen) atoms. The van der Waals surface area contributed by atoms with Crippen LogP contribution in [0.5, 0.6) is 0 Å². The molecule has 0 radical (unpaired) electrons. The summed E-state index contributed by atoms with van der Waals surface area (Å²) >= 11 is 0. The highest BCUT2D eigenvalue weighted by molar-refractivity contribution is 5.47. The fraction of sp³-hybridized carbons (Fsp3) is 0.167. The summed E-state index contributed by atoms with van der Waals surface area (Å²) in [7, 11) is 0. The molecule has 0 N–H and O–H groups in total. The molecule has 0 fully saturated rings. The Balaban J connectivity index is 2.64. The molecule has 2 aromatic rings. The Morgan fingerprint density at radius 3 is 1.92 bits per heavy atom. The highest BCUT2D eigenvalue weighted by Crippen LogP contribution is 2.18. The molecule has 1 nitrogen and oxygen atoms in total. The van der Waals surface area contributed by atoms with Gasteiger partial charge in [-0.25, -0.2) is 0 Å². The van der Waals surface area contributed by atoms with E-state index >= 15 is 0 Å². The van der Waals surface area contributed by atoms with Crippen LogP contribution in [0.25, 0.3) is 5.69 Å². The van der Waals surface area contributed by atoms with E-state index in [9.17, 15) is 0 Å². The molecule has 0 spiro atoms. The molecule has 0 aliphatic rings. The lowest BCUT2D eigenvalue weighted by Gasteiger charge is -2.10. The maximum absolute atomic E-state index is 2.16. The van der Waals surface area contributed by atoms with Crippen molar-refractivity contribution in [3.63, 3.8) is 0 Å². The summed E-state index contributed by atoms with van der Waals surface area (Å²) in [5.41, 5.74) is 3.93. The van der Waals surface area contributed by atoms with Crippen LogP contribution in [0.3, 0.4) is 0 Å². The Morgan fingerprint density at radius 1 is 0.846 bits per heavy atom. The molecule has 0 atom stereocenters. The van der Waals surface area contributed by atoms with E-state index in [4.69, 9.17) is 0 Å². The molecule has 0 bridgehead atoms. The number of hydrogen-bond acceptors (Lipinski definition) is 0. The number of hydrogen-bond donors (Lipinski definition) is 0. The summed E-state index contributed by atoms with van der Waals surface area (Å²) in [5, 5.41) is 0. The molecule has 0 aliphatic carbocycles. The molecule has 0 saturated heterocycles. The molecule has 66 valence electrons. The maximum Gasteiger partial charge on any atom is 0.0507 e. The van der Waals surface area contributed by atoms with Crippen molar-refractivity contribution in [2.75, 3.05) is 0 Å². The van der Waals surface area contributed by atoms with Crippen molar-refractivity contribution < 1.29 is 0 Å². The Morgan fingerprint density at radius 2 is 1.38 bits per heavy atom. The normalized spacial score (nSPS) is 10.3. The lowest BCUT2D eigenvalue weighted by atomic mass is 10.1. The summed E-state index contributed by atoms with van der Waals surface area (Å²) in [6.45, 7) is 4.28. The Hall–Kier alpha value is -1.50. The molecule has 1 heteroatoms. The van der Waals surface area contributed by atoms with Gasteiger partial charge in [0.2, 0.25) is 0 Å². The zero-order valence-corrected chi connectivity index (χ0v) is 7.99. The standard InChI is InChI=1S/C12H13N/c1-10-6-5-7-11(2)12(10)13-8-3-4-9-13/h3-9H,1-2H3. The SMILES string of the molecule is Cc1cccc(C)c1-n1cccc1. The van der Waals surface area contributed by atoms with Crippen LogP contribution in [0.15, 0.2) is 42.7 Å². The zero-order valence-electron chi connectivity index (χ0n) is 7.99. The largest absolute Gasteiger partial charge is 0.323 e. The number of benzene rings is 1. The highest BCUT2D eigenvalue weighted by atomic mass is 14.9. The van der Waals surface area contributed by atoms with Crippen molar-refractivity contribution in [1.82, 2.24) is 4.57 Å². The van der Waals surface area contributed by atoms with Gasteiger partial charge in [0.1, 0.15) is 0 Å². The minimum absolute atomic E-state index is 1.30. The van der Waals surface area contributed by atoms with Crippen LogP contribution >= 0.6 is 0 Å². The van der Waals surface area contributed by atoms with Crippen LogP contribution in [-0.2, 0) is 0 Å². The van der Waals surface area contributed by atoms with Gasteiger partial charge < -0.3 is 4.57 Å². The lowest BCUT2D eigenvalue weighted by molar-refractivity contribution is 1.04. The molecular formula is C12H13N. The summed E-state index contributed by atoms with van der Waals surface area (Å²) in [6, 6.07) is 10.5. The number of rotatable bonds is 1. The first kappa shape index (κ1) is 8.11. The fourth-order valence-electron chi connectivity index (χ4n) is 1.70. The van der Waals surface area contributed by atoms with Crippen molar-refractivity contribution in [1.29, 1.82) is 0 Å². The lowest BCUT2D eigenvalue weighted by Crippen LogP contribution is -1.96. The van der Waals surface area contributed by atoms with Crippen LogP contribution < -0.4 is 0 Å². The van der Waals surface area contributed by atoms with Gasteiger partial charge in [-0.05, 0) is 37.1 Å². The Kier molecular flexibility index (Phi) is 1.93. The van der Waals surface area contributed by atoms with E-state index in [0.29, 0.717) is 0 Å². The van der Waals surface area contributed by atoms with E-state index in [1.165, 1.54) is 16.8 Å². The topological polar surface area (TPSA) is 4.93 Å². The zero-order chi connectivity index (χ0) is 9.26. The first-order valence-corrected chi connectivity index (χ1v) is 4.48. The van der Waals surface area contributed by atoms with Gasteiger partial charge in [-0.2, -0.15) is 0 Å². The number of nitrogens with zero attached hydrogens (tertiary/aromatic N) is 1. The molecule has 0 unspecified atom stereocenters. The van der Waals surface area contributed by atoms with Gasteiger partial charge in [-0.1, -0.05) is 18.2 Å². The monoisotopic (exact) mass is 171 g/mol. The van der Waals surface area contributed by atoms with Crippen molar-refractivity contribution >= 4 is 0 Å². The number of para-hydroxylation sites is 1. The number of aryl methyl sites for hydroxylation is 2. The van der Waals surface area contributed by atoms with Gasteiger partial charge in [-0.15, -0.1) is 0 Å². The third-order valence-corrected chi connectivity index (χ3v) is 2.30. The Bertz CT molecular complexity index is 379. The van der Waals surface area contributed by atoms with Crippen LogP contribution in [0, 0.1) is 13.8 Å². The van der Waals surface area contributed by atoms with E-state index in [0.717, 1.165) is 0 Å². The van der Waals surface area contributed by atoms with Crippen LogP contribution in [0.4, 0.5) is 0 Å². The molecule has 0 aliphatic heterocycles. The first-order chi connectivity index (χ1) is 6.29. The predicted molar refractivity (Wildman–Crippen MR) is 55.2 cm³/mol. The van der Waals surface area contributed by atoms with Crippen molar-refractivity contribution in [2.45, 2.75) is 13.8 Å². The van der Waals surface area contributed by atoms with Crippen molar-refractivity contribution in [3.05, 3.63) is 53.9 Å². The quantitative estimate of drug-likeness (QED) is 0.621. The van der Waals surface area contributed by atoms with Crippen molar-refractivity contribution in [3.8, 4) is 5.69 Å². The molecule has 1 aromatic carbocycles. The summed E-state index contributed by atoms with van der Waals surface area (Å²) in [6.07, 6.45) is 4.16. The van der Waals surface area contributed by atoms with E-state index in [1.54, 1.807) is 0 Å². The third kappa shape index (κ3) is 1.37. The van der Waals surface area contributed by atoms with Crippen LogP contribution in [-0.4, -0.2) is 4.57 Å². The fourth-order valence-corrected chi connectivity index (χ4v) is 1.70. The second kappa shape index (κ2) is 3.09. The third-order valence-electron chi connectivity index (χ3n) is 2.30. The summed E-state index contributed by atoms with van der Waals surface area (Å²) in [5.74, 6) is 0. The number of aromatic nitrogens is 1. The first-order valence-electron chi connectivity index (χ1n) is 4.48. The van der Waals surface area contributed by atoms with Gasteiger partial charge in [0.05, 0.1) is 5.69 Å². The summed E-state index contributed by atoms with van der Waals surface area (Å²) in [4.78, 5) is 0. The highest BCUT2D eigenvalue weighted by Gasteiger charge is 2.01. The smallest absolute Gasteiger partial charge is 0.0507 e. The molecule has 1 heterocycles. The van der Waals surface area contributed by atoms with Crippen LogP contribution in [0.2, 0.25) is 0 Å². The average molecular weight is 171 g/mol. The van der Waals surface area contributed by atoms with Gasteiger partial charge in [0.25, 0.3) is 0 Å². The minimum Gasteiger partial charge on any atom is -0.323 e. The molecule has 0 amide bonds. The van der Waals surface area contributed by atoms with E-state index in [2.05, 4.69) is 49.0 Å².